The van der Waals surface area contributed by atoms with Crippen LogP contribution in [-0.4, -0.2) is 9.98 Å². The van der Waals surface area contributed by atoms with Gasteiger partial charge in [-0.25, -0.2) is 5.57 Å². The molecule has 0 amide bonds. The fourth-order valence-corrected chi connectivity index (χ4v) is 4.71. The molecule has 176 valence electrons. The van der Waals surface area contributed by atoms with Gasteiger partial charge in [-0.15, -0.1) is 41.5 Å². The van der Waals surface area contributed by atoms with Gasteiger partial charge in [-0.2, -0.15) is 17.2 Å². The van der Waals surface area contributed by atoms with Crippen molar-refractivity contribution in [1.82, 2.24) is 0 Å². The van der Waals surface area contributed by atoms with Crippen LogP contribution in [0.25, 0.3) is 21.9 Å². The van der Waals surface area contributed by atoms with Crippen LogP contribution in [0.4, 0.5) is 0 Å². The number of benzene rings is 2. The van der Waals surface area contributed by atoms with E-state index >= 15 is 0 Å². The molecule has 0 aromatic heterocycles. The largest absolute Gasteiger partial charge is 1.00 e. The summed E-state index contributed by atoms with van der Waals surface area (Å²) in [5, 5.41) is 5.76. The minimum absolute atomic E-state index is 0. The number of hydrogen-bond donors (Lipinski definition) is 0. The zero-order valence-electron chi connectivity index (χ0n) is 21.0. The van der Waals surface area contributed by atoms with E-state index in [-0.39, 0.29) is 34.8 Å². The summed E-state index contributed by atoms with van der Waals surface area (Å²) in [6.07, 6.45) is 3.36. The first kappa shape index (κ1) is 32.5. The average Bonchev–Trinajstić information content (AvgIpc) is 3.28. The molecular weight excluding hydrogens is 583 g/mol. The summed E-state index contributed by atoms with van der Waals surface area (Å²) in [5.41, 5.74) is 8.19. The molecule has 1 aliphatic rings. The van der Waals surface area contributed by atoms with Gasteiger partial charge in [0.1, 0.15) is 0 Å². The first-order valence-corrected chi connectivity index (χ1v) is 21.7. The van der Waals surface area contributed by atoms with E-state index in [9.17, 15) is 0 Å². The fraction of sp³-hybridized carbons (Fsp3) is 0.345. The normalized spacial score (nSPS) is 14.2. The Morgan fingerprint density at radius 3 is 1.94 bits per heavy atom. The van der Waals surface area contributed by atoms with E-state index in [2.05, 4.69) is 115 Å². The number of allylic oxidation sites excluding steroid dienone is 4. The zero-order valence-corrected chi connectivity index (χ0v) is 27.1. The Morgan fingerprint density at radius 2 is 1.52 bits per heavy atom. The Balaban J connectivity index is 0.000000518. The van der Waals surface area contributed by atoms with Gasteiger partial charge in [0, 0.05) is 0 Å². The molecule has 0 bridgehead atoms. The van der Waals surface area contributed by atoms with Gasteiger partial charge >= 0.3 is 55.9 Å². The molecule has 3 aromatic rings. The van der Waals surface area contributed by atoms with Gasteiger partial charge in [0.15, 0.2) is 0 Å². The molecule has 4 heteroatoms. The maximum Gasteiger partial charge on any atom is -0.0279 e. The van der Waals surface area contributed by atoms with Gasteiger partial charge < -0.3 is 24.8 Å². The molecule has 0 saturated heterocycles. The molecule has 33 heavy (non-hydrogen) atoms. The second-order valence-electron chi connectivity index (χ2n) is 8.32. The van der Waals surface area contributed by atoms with E-state index in [0.29, 0.717) is 5.92 Å². The van der Waals surface area contributed by atoms with Crippen molar-refractivity contribution in [1.29, 1.82) is 0 Å². The van der Waals surface area contributed by atoms with E-state index in [1.165, 1.54) is 54.7 Å². The van der Waals surface area contributed by atoms with Crippen LogP contribution >= 0.6 is 0 Å². The minimum Gasteiger partial charge on any atom is -1.00 e. The van der Waals surface area contributed by atoms with E-state index in [4.69, 9.17) is 0 Å². The molecule has 0 spiro atoms. The first-order chi connectivity index (χ1) is 14.8. The van der Waals surface area contributed by atoms with Crippen molar-refractivity contribution in [3.63, 3.8) is 0 Å². The summed E-state index contributed by atoms with van der Waals surface area (Å²) >= 11 is 1.87. The quantitative estimate of drug-likeness (QED) is 0.313. The van der Waals surface area contributed by atoms with Crippen LogP contribution in [0.5, 0.6) is 0 Å². The molecule has 1 atom stereocenters. The molecule has 3 aromatic carbocycles. The number of hydrogen-bond acceptors (Lipinski definition) is 0. The number of halogens is 2. The summed E-state index contributed by atoms with van der Waals surface area (Å²) in [7, 11) is -0.290. The molecule has 0 heterocycles. The Kier molecular flexibility index (Phi) is 16.0. The fourth-order valence-electron chi connectivity index (χ4n) is 3.67. The number of aryl methyl sites for hydroxylation is 1. The topological polar surface area (TPSA) is 0 Å². The van der Waals surface area contributed by atoms with Gasteiger partial charge in [0.25, 0.3) is 0 Å². The summed E-state index contributed by atoms with van der Waals surface area (Å²) in [6, 6.07) is 21.6. The van der Waals surface area contributed by atoms with Crippen LogP contribution in [0.15, 0.2) is 77.4 Å². The van der Waals surface area contributed by atoms with Crippen molar-refractivity contribution in [2.45, 2.75) is 59.0 Å². The van der Waals surface area contributed by atoms with Crippen molar-refractivity contribution in [3.05, 3.63) is 89.0 Å². The van der Waals surface area contributed by atoms with Crippen LogP contribution in [-0.2, 0) is 21.6 Å². The third-order valence-electron chi connectivity index (χ3n) is 6.07. The van der Waals surface area contributed by atoms with E-state index in [1.54, 1.807) is 0 Å². The van der Waals surface area contributed by atoms with E-state index < -0.39 is 0 Å². The standard InChI is InChI=1S/C16H13.C9H13.C4H10Ge.2ClH.Zr/c1-12-10-14-8-5-9-15(16(14)11-12)13-6-3-2-4-7-13;1-6-5-7(2)9(4)8(6)3;1-3-5-4-2;;;/h2-11H,1H3;6H,1-4H3;3-4H2,1-2H3;2*1H;/q2*-1;;;;+2/p-2. The molecule has 0 aliphatic heterocycles. The number of rotatable bonds is 3. The monoisotopic (exact) mass is 618 g/mol. The van der Waals surface area contributed by atoms with Gasteiger partial charge in [-0.3, -0.25) is 6.08 Å². The van der Waals surface area contributed by atoms with E-state index in [0.717, 1.165) is 0 Å². The second-order valence-corrected chi connectivity index (χ2v) is 22.8. The Hall–Kier alpha value is -0.464. The van der Waals surface area contributed by atoms with Gasteiger partial charge in [-0.1, -0.05) is 75.6 Å². The third-order valence-corrected chi connectivity index (χ3v) is 18.7. The van der Waals surface area contributed by atoms with Gasteiger partial charge in [0.2, 0.25) is 0 Å². The van der Waals surface area contributed by atoms with Crippen molar-refractivity contribution < 1.29 is 46.4 Å². The molecule has 0 radical (unpaired) electrons. The maximum atomic E-state index is 3.36. The van der Waals surface area contributed by atoms with Crippen molar-refractivity contribution in [2.75, 3.05) is 0 Å². The summed E-state index contributed by atoms with van der Waals surface area (Å²) < 4.78 is 0. The Labute approximate surface area is 230 Å². The molecule has 0 fully saturated rings. The van der Waals surface area contributed by atoms with Crippen LogP contribution in [0.1, 0.15) is 47.1 Å². The summed E-state index contributed by atoms with van der Waals surface area (Å²) in [4.78, 5) is 0. The molecule has 1 unspecified atom stereocenters. The Bertz CT molecular complexity index is 1070. The number of fused-ring (bicyclic) bond motifs is 1. The van der Waals surface area contributed by atoms with Crippen LogP contribution in [0.2, 0.25) is 10.5 Å². The third kappa shape index (κ3) is 9.60. The molecule has 0 nitrogen and oxygen atoms in total. The maximum absolute atomic E-state index is 3.36. The van der Waals surface area contributed by atoms with Crippen LogP contribution in [0, 0.1) is 18.9 Å². The average molecular weight is 619 g/mol. The van der Waals surface area contributed by atoms with Crippen LogP contribution < -0.4 is 24.8 Å². The first-order valence-electron chi connectivity index (χ1n) is 11.3. The van der Waals surface area contributed by atoms with Crippen molar-refractivity contribution in [3.8, 4) is 11.1 Å². The molecule has 0 N–H and O–H groups in total. The van der Waals surface area contributed by atoms with Crippen molar-refractivity contribution >= 4 is 20.7 Å². The second kappa shape index (κ2) is 16.3. The predicted octanol–water partition coefficient (Wildman–Crippen LogP) is 2.83. The smallest absolute Gasteiger partial charge is 0.0279 e. The van der Waals surface area contributed by atoms with Crippen LogP contribution in [0.3, 0.4) is 0 Å². The molecule has 1 aliphatic carbocycles. The van der Waals surface area contributed by atoms with Gasteiger partial charge in [-0.05, 0) is 5.56 Å². The summed E-state index contributed by atoms with van der Waals surface area (Å²) in [5.74, 6) is 0.560. The SMILES string of the molecule is CC1=[C-]C(C)C(C)=C1C.C[CH2][Ge](=[Zr+2])[CH2]C.Cc1cc2c(-c3ccccc3)cccc2[cH-]1.[Cl-].[Cl-]. The van der Waals surface area contributed by atoms with E-state index in [1.807, 2.05) is 21.6 Å². The Morgan fingerprint density at radius 1 is 0.909 bits per heavy atom. The summed E-state index contributed by atoms with van der Waals surface area (Å²) in [6.45, 7) is 15.5. The predicted molar refractivity (Wildman–Crippen MR) is 136 cm³/mol. The molecular formula is C29H36Cl2GeZr-2. The molecule has 4 rings (SSSR count). The minimum atomic E-state index is -0.290. The van der Waals surface area contributed by atoms with Crippen molar-refractivity contribution in [2.24, 2.45) is 5.92 Å². The zero-order chi connectivity index (χ0) is 23.0. The molecule has 0 saturated carbocycles. The van der Waals surface area contributed by atoms with Gasteiger partial charge in [0.05, 0.1) is 0 Å².